The zero-order valence-electron chi connectivity index (χ0n) is 14.1. The summed E-state index contributed by atoms with van der Waals surface area (Å²) in [5, 5.41) is 9.14. The fourth-order valence-corrected chi connectivity index (χ4v) is 3.48. The maximum Gasteiger partial charge on any atom is 0.0602 e. The molecule has 4 heteroatoms. The minimum Gasteiger partial charge on any atom is -0.395 e. The monoisotopic (exact) mass is 325 g/mol. The van der Waals surface area contributed by atoms with Crippen LogP contribution in [-0.2, 0) is 0 Å². The molecule has 2 aromatic rings. The number of hydrogen-bond acceptors (Lipinski definition) is 4. The second kappa shape index (κ2) is 8.40. The molecule has 1 fully saturated rings. The predicted octanol–water partition coefficient (Wildman–Crippen LogP) is 1.71. The van der Waals surface area contributed by atoms with Crippen LogP contribution in [0.5, 0.6) is 0 Å². The molecule has 0 amide bonds. The Morgan fingerprint density at radius 3 is 1.79 bits per heavy atom. The Bertz CT molecular complexity index is 557. The molecule has 0 saturated carbocycles. The van der Waals surface area contributed by atoms with E-state index >= 15 is 0 Å². The third-order valence-corrected chi connectivity index (χ3v) is 4.73. The molecule has 3 N–H and O–H groups in total. The van der Waals surface area contributed by atoms with Gasteiger partial charge < -0.3 is 10.8 Å². The molecule has 1 aliphatic heterocycles. The van der Waals surface area contributed by atoms with Crippen LogP contribution in [0.3, 0.4) is 0 Å². The Hall–Kier alpha value is -1.72. The Balaban J connectivity index is 1.74. The number of benzene rings is 2. The van der Waals surface area contributed by atoms with Crippen LogP contribution in [0.1, 0.15) is 17.2 Å². The van der Waals surface area contributed by atoms with Gasteiger partial charge in [-0.15, -0.1) is 0 Å². The second-order valence-corrected chi connectivity index (χ2v) is 6.50. The van der Waals surface area contributed by atoms with E-state index in [9.17, 15) is 0 Å². The minimum absolute atomic E-state index is 0.0525. The van der Waals surface area contributed by atoms with Crippen molar-refractivity contribution < 1.29 is 5.11 Å². The van der Waals surface area contributed by atoms with Crippen LogP contribution in [0.25, 0.3) is 0 Å². The lowest BCUT2D eigenvalue weighted by molar-refractivity contribution is 0.0980. The van der Waals surface area contributed by atoms with E-state index in [-0.39, 0.29) is 12.6 Å². The zero-order chi connectivity index (χ0) is 16.8. The van der Waals surface area contributed by atoms with Crippen molar-refractivity contribution in [3.05, 3.63) is 71.8 Å². The predicted molar refractivity (Wildman–Crippen MR) is 97.8 cm³/mol. The van der Waals surface area contributed by atoms with Gasteiger partial charge in [-0.05, 0) is 11.1 Å². The van der Waals surface area contributed by atoms with Crippen molar-refractivity contribution in [2.24, 2.45) is 5.73 Å². The van der Waals surface area contributed by atoms with Crippen molar-refractivity contribution >= 4 is 0 Å². The van der Waals surface area contributed by atoms with Crippen LogP contribution in [0.15, 0.2) is 60.7 Å². The van der Waals surface area contributed by atoms with Gasteiger partial charge in [-0.1, -0.05) is 60.7 Å². The summed E-state index contributed by atoms with van der Waals surface area (Å²) < 4.78 is 0. The topological polar surface area (TPSA) is 52.7 Å². The van der Waals surface area contributed by atoms with Crippen LogP contribution in [0.2, 0.25) is 0 Å². The molecule has 128 valence electrons. The Morgan fingerprint density at radius 2 is 1.33 bits per heavy atom. The highest BCUT2D eigenvalue weighted by atomic mass is 16.3. The quantitative estimate of drug-likeness (QED) is 0.849. The van der Waals surface area contributed by atoms with Gasteiger partial charge >= 0.3 is 0 Å². The third-order valence-electron chi connectivity index (χ3n) is 4.73. The fourth-order valence-electron chi connectivity index (χ4n) is 3.48. The van der Waals surface area contributed by atoms with Crippen LogP contribution < -0.4 is 5.73 Å². The average molecular weight is 325 g/mol. The highest BCUT2D eigenvalue weighted by Gasteiger charge is 2.26. The van der Waals surface area contributed by atoms with E-state index < -0.39 is 0 Å². The average Bonchev–Trinajstić information content (AvgIpc) is 2.65. The van der Waals surface area contributed by atoms with Crippen molar-refractivity contribution in [1.82, 2.24) is 9.80 Å². The molecule has 2 aromatic carbocycles. The standard InChI is InChI=1S/C20H27N3O/c21-19(16-24)15-22-11-13-23(14-12-22)20(17-7-3-1-4-8-17)18-9-5-2-6-10-18/h1-10,19-20,24H,11-16,21H2. The van der Waals surface area contributed by atoms with E-state index in [4.69, 9.17) is 10.8 Å². The first kappa shape index (κ1) is 17.1. The molecule has 24 heavy (non-hydrogen) atoms. The normalized spacial score (nSPS) is 18.0. The van der Waals surface area contributed by atoms with Gasteiger partial charge in [0.2, 0.25) is 0 Å². The molecule has 1 heterocycles. The van der Waals surface area contributed by atoms with Gasteiger partial charge in [-0.3, -0.25) is 9.80 Å². The minimum atomic E-state index is -0.143. The highest BCUT2D eigenvalue weighted by Crippen LogP contribution is 2.29. The molecule has 1 aliphatic rings. The van der Waals surface area contributed by atoms with Crippen LogP contribution >= 0.6 is 0 Å². The van der Waals surface area contributed by atoms with Gasteiger partial charge in [0.1, 0.15) is 0 Å². The van der Waals surface area contributed by atoms with Crippen LogP contribution in [0.4, 0.5) is 0 Å². The van der Waals surface area contributed by atoms with Gasteiger partial charge in [0, 0.05) is 38.8 Å². The molecule has 0 aliphatic carbocycles. The Kier molecular flexibility index (Phi) is 5.99. The largest absolute Gasteiger partial charge is 0.395 e. The first-order chi connectivity index (χ1) is 11.8. The Morgan fingerprint density at radius 1 is 0.833 bits per heavy atom. The summed E-state index contributed by atoms with van der Waals surface area (Å²) in [6, 6.07) is 21.6. The zero-order valence-corrected chi connectivity index (χ0v) is 14.1. The number of aliphatic hydroxyl groups is 1. The maximum absolute atomic E-state index is 9.14. The number of nitrogens with two attached hydrogens (primary N) is 1. The van der Waals surface area contributed by atoms with Crippen molar-refractivity contribution in [3.8, 4) is 0 Å². The summed E-state index contributed by atoms with van der Waals surface area (Å²) >= 11 is 0. The molecule has 4 nitrogen and oxygen atoms in total. The summed E-state index contributed by atoms with van der Waals surface area (Å²) in [5.74, 6) is 0. The molecule has 1 atom stereocenters. The molecule has 1 saturated heterocycles. The number of piperazine rings is 1. The van der Waals surface area contributed by atoms with Crippen LogP contribution in [-0.4, -0.2) is 60.3 Å². The first-order valence-electron chi connectivity index (χ1n) is 8.70. The van der Waals surface area contributed by atoms with Crippen LogP contribution in [0, 0.1) is 0 Å². The number of hydrogen-bond donors (Lipinski definition) is 2. The first-order valence-corrected chi connectivity index (χ1v) is 8.70. The second-order valence-electron chi connectivity index (χ2n) is 6.50. The lowest BCUT2D eigenvalue weighted by Crippen LogP contribution is -2.51. The number of nitrogens with zero attached hydrogens (tertiary/aromatic N) is 2. The van der Waals surface area contributed by atoms with Gasteiger partial charge in [0.25, 0.3) is 0 Å². The van der Waals surface area contributed by atoms with Crippen molar-refractivity contribution in [1.29, 1.82) is 0 Å². The molecule has 0 spiro atoms. The van der Waals surface area contributed by atoms with Gasteiger partial charge in [0.15, 0.2) is 0 Å². The van der Waals surface area contributed by atoms with Crippen molar-refractivity contribution in [2.75, 3.05) is 39.3 Å². The molecule has 0 aromatic heterocycles. The fraction of sp³-hybridized carbons (Fsp3) is 0.400. The number of rotatable bonds is 6. The van der Waals surface area contributed by atoms with Gasteiger partial charge in [-0.2, -0.15) is 0 Å². The number of aliphatic hydroxyl groups excluding tert-OH is 1. The molecule has 0 bridgehead atoms. The highest BCUT2D eigenvalue weighted by molar-refractivity contribution is 5.31. The summed E-state index contributed by atoms with van der Waals surface area (Å²) in [6.07, 6.45) is 0. The van der Waals surface area contributed by atoms with E-state index in [2.05, 4.69) is 70.5 Å². The van der Waals surface area contributed by atoms with Gasteiger partial charge in [-0.25, -0.2) is 0 Å². The summed E-state index contributed by atoms with van der Waals surface area (Å²) in [6.45, 7) is 4.81. The Labute approximate surface area is 144 Å². The SMILES string of the molecule is NC(CO)CN1CCN(C(c2ccccc2)c2ccccc2)CC1. The van der Waals surface area contributed by atoms with Gasteiger partial charge in [0.05, 0.1) is 12.6 Å². The van der Waals surface area contributed by atoms with E-state index in [1.54, 1.807) is 0 Å². The third kappa shape index (κ3) is 4.22. The van der Waals surface area contributed by atoms with Crippen molar-refractivity contribution in [2.45, 2.75) is 12.1 Å². The van der Waals surface area contributed by atoms with E-state index in [0.29, 0.717) is 6.04 Å². The molecular weight excluding hydrogens is 298 g/mol. The molecule has 1 unspecified atom stereocenters. The lowest BCUT2D eigenvalue weighted by atomic mass is 9.96. The molecule has 0 radical (unpaired) electrons. The maximum atomic E-state index is 9.14. The lowest BCUT2D eigenvalue weighted by Gasteiger charge is -2.40. The summed E-state index contributed by atoms with van der Waals surface area (Å²) in [4.78, 5) is 4.90. The van der Waals surface area contributed by atoms with E-state index in [0.717, 1.165) is 32.7 Å². The van der Waals surface area contributed by atoms with E-state index in [1.807, 2.05) is 0 Å². The smallest absolute Gasteiger partial charge is 0.0602 e. The summed E-state index contributed by atoms with van der Waals surface area (Å²) in [5.41, 5.74) is 8.55. The summed E-state index contributed by atoms with van der Waals surface area (Å²) in [7, 11) is 0. The van der Waals surface area contributed by atoms with Crippen molar-refractivity contribution in [3.63, 3.8) is 0 Å². The molecular formula is C20H27N3O. The van der Waals surface area contributed by atoms with E-state index in [1.165, 1.54) is 11.1 Å². The molecule has 3 rings (SSSR count).